The summed E-state index contributed by atoms with van der Waals surface area (Å²) in [6, 6.07) is -0.561. The zero-order valence-corrected chi connectivity index (χ0v) is 8.14. The highest BCUT2D eigenvalue weighted by Gasteiger charge is 2.31. The fraction of sp³-hybridized carbons (Fsp3) is 0.875. The summed E-state index contributed by atoms with van der Waals surface area (Å²) >= 11 is 0. The van der Waals surface area contributed by atoms with Gasteiger partial charge in [-0.3, -0.25) is 9.69 Å². The summed E-state index contributed by atoms with van der Waals surface area (Å²) in [5.74, 6) is -1.08. The summed E-state index contributed by atoms with van der Waals surface area (Å²) in [4.78, 5) is 11.4. The second-order valence-corrected chi connectivity index (χ2v) is 3.19. The fourth-order valence-electron chi connectivity index (χ4n) is 1.23. The van der Waals surface area contributed by atoms with Crippen molar-refractivity contribution in [1.29, 1.82) is 0 Å². The molecule has 0 fully saturated rings. The molecule has 0 aromatic rings. The van der Waals surface area contributed by atoms with E-state index in [1.54, 1.807) is 6.92 Å². The van der Waals surface area contributed by atoms with Gasteiger partial charge in [0.05, 0.1) is 13.0 Å². The second kappa shape index (κ2) is 5.19. The number of carboxylic acid groups (broad SMARTS) is 1. The monoisotopic (exact) mass is 213 g/mol. The van der Waals surface area contributed by atoms with Crippen LogP contribution in [0.1, 0.15) is 19.8 Å². The van der Waals surface area contributed by atoms with Gasteiger partial charge in [0.15, 0.2) is 0 Å². The second-order valence-electron chi connectivity index (χ2n) is 3.19. The molecule has 1 unspecified atom stereocenters. The number of aliphatic carboxylic acids is 1. The van der Waals surface area contributed by atoms with Crippen LogP contribution in [0, 0.1) is 0 Å². The van der Waals surface area contributed by atoms with Gasteiger partial charge in [0.1, 0.15) is 0 Å². The first-order valence-electron chi connectivity index (χ1n) is 4.25. The van der Waals surface area contributed by atoms with Crippen LogP contribution in [0.15, 0.2) is 0 Å². The van der Waals surface area contributed by atoms with Crippen molar-refractivity contribution in [1.82, 2.24) is 4.90 Å². The highest BCUT2D eigenvalue weighted by molar-refractivity contribution is 5.67. The van der Waals surface area contributed by atoms with Crippen LogP contribution in [0.2, 0.25) is 0 Å². The van der Waals surface area contributed by atoms with Crippen molar-refractivity contribution in [2.45, 2.75) is 32.0 Å². The number of rotatable bonds is 5. The summed E-state index contributed by atoms with van der Waals surface area (Å²) in [6.45, 7) is 0.596. The minimum atomic E-state index is -4.28. The Kier molecular flexibility index (Phi) is 4.90. The van der Waals surface area contributed by atoms with Crippen molar-refractivity contribution < 1.29 is 23.1 Å². The third kappa shape index (κ3) is 5.80. The van der Waals surface area contributed by atoms with Gasteiger partial charge in [-0.05, 0) is 13.5 Å². The topological polar surface area (TPSA) is 40.5 Å². The number of hydrogen-bond acceptors (Lipinski definition) is 2. The molecule has 0 aliphatic carbocycles. The third-order valence-electron chi connectivity index (χ3n) is 1.93. The van der Waals surface area contributed by atoms with Gasteiger partial charge >= 0.3 is 12.1 Å². The van der Waals surface area contributed by atoms with E-state index in [9.17, 15) is 18.0 Å². The Morgan fingerprint density at radius 3 is 2.29 bits per heavy atom. The number of carbonyl (C=O) groups is 1. The maximum atomic E-state index is 12.0. The molecule has 0 bridgehead atoms. The molecule has 0 saturated carbocycles. The zero-order valence-electron chi connectivity index (χ0n) is 8.14. The fourth-order valence-corrected chi connectivity index (χ4v) is 1.23. The first-order valence-corrected chi connectivity index (χ1v) is 4.25. The third-order valence-corrected chi connectivity index (χ3v) is 1.93. The molecule has 0 heterocycles. The van der Waals surface area contributed by atoms with E-state index in [0.717, 1.165) is 4.90 Å². The van der Waals surface area contributed by atoms with Crippen LogP contribution in [0.5, 0.6) is 0 Å². The lowest BCUT2D eigenvalue weighted by Gasteiger charge is -2.26. The smallest absolute Gasteiger partial charge is 0.401 e. The van der Waals surface area contributed by atoms with Gasteiger partial charge in [-0.25, -0.2) is 0 Å². The van der Waals surface area contributed by atoms with Gasteiger partial charge in [-0.2, -0.15) is 13.2 Å². The Hall–Kier alpha value is -0.780. The lowest BCUT2D eigenvalue weighted by molar-refractivity contribution is -0.152. The van der Waals surface area contributed by atoms with Gasteiger partial charge < -0.3 is 5.11 Å². The Balaban J connectivity index is 4.17. The number of hydrogen-bond donors (Lipinski definition) is 1. The average molecular weight is 213 g/mol. The molecule has 0 aliphatic heterocycles. The van der Waals surface area contributed by atoms with E-state index in [0.29, 0.717) is 6.42 Å². The van der Waals surface area contributed by atoms with Crippen molar-refractivity contribution in [3.63, 3.8) is 0 Å². The normalized spacial score (nSPS) is 14.4. The highest BCUT2D eigenvalue weighted by atomic mass is 19.4. The van der Waals surface area contributed by atoms with Crippen molar-refractivity contribution in [3.8, 4) is 0 Å². The quantitative estimate of drug-likeness (QED) is 0.756. The first kappa shape index (κ1) is 13.2. The number of halogens is 3. The number of nitrogens with zero attached hydrogens (tertiary/aromatic N) is 1. The van der Waals surface area contributed by atoms with Crippen LogP contribution < -0.4 is 0 Å². The van der Waals surface area contributed by atoms with Crippen LogP contribution in [-0.4, -0.2) is 41.8 Å². The van der Waals surface area contributed by atoms with Crippen LogP contribution in [0.3, 0.4) is 0 Å². The Bertz CT molecular complexity index is 194. The van der Waals surface area contributed by atoms with Crippen molar-refractivity contribution in [2.24, 2.45) is 0 Å². The van der Waals surface area contributed by atoms with Crippen molar-refractivity contribution in [2.75, 3.05) is 13.6 Å². The molecule has 1 atom stereocenters. The van der Waals surface area contributed by atoms with Gasteiger partial charge in [0.2, 0.25) is 0 Å². The number of carboxylic acids is 1. The Labute approximate surface area is 80.5 Å². The molecule has 0 spiro atoms. The molecule has 0 amide bonds. The molecule has 0 aromatic carbocycles. The van der Waals surface area contributed by atoms with Crippen LogP contribution in [0.25, 0.3) is 0 Å². The van der Waals surface area contributed by atoms with Gasteiger partial charge in [-0.1, -0.05) is 6.92 Å². The summed E-state index contributed by atoms with van der Waals surface area (Å²) < 4.78 is 35.9. The van der Waals surface area contributed by atoms with Gasteiger partial charge in [-0.15, -0.1) is 0 Å². The predicted molar refractivity (Wildman–Crippen MR) is 45.0 cm³/mol. The van der Waals surface area contributed by atoms with E-state index >= 15 is 0 Å². The molecule has 0 aromatic heterocycles. The summed E-state index contributed by atoms with van der Waals surface area (Å²) in [6.07, 6.45) is -4.15. The molecule has 0 aliphatic rings. The molecule has 3 nitrogen and oxygen atoms in total. The van der Waals surface area contributed by atoms with E-state index in [2.05, 4.69) is 0 Å². The molecular weight excluding hydrogens is 199 g/mol. The lowest BCUT2D eigenvalue weighted by atomic mass is 10.1. The van der Waals surface area contributed by atoms with E-state index in [4.69, 9.17) is 5.11 Å². The molecule has 0 radical (unpaired) electrons. The van der Waals surface area contributed by atoms with E-state index in [-0.39, 0.29) is 6.42 Å². The van der Waals surface area contributed by atoms with Gasteiger partial charge in [0.25, 0.3) is 0 Å². The standard InChI is InChI=1S/C8H14F3NO2/c1-3-6(4-7(13)14)12(2)5-8(9,10)11/h6H,3-5H2,1-2H3,(H,13,14). The first-order chi connectivity index (χ1) is 6.26. The average Bonchev–Trinajstić information content (AvgIpc) is 1.96. The minimum Gasteiger partial charge on any atom is -0.481 e. The summed E-state index contributed by atoms with van der Waals surface area (Å²) in [5, 5.41) is 8.45. The molecule has 84 valence electrons. The molecular formula is C8H14F3NO2. The predicted octanol–water partition coefficient (Wildman–Crippen LogP) is 1.73. The molecule has 0 rings (SSSR count). The highest BCUT2D eigenvalue weighted by Crippen LogP contribution is 2.18. The maximum absolute atomic E-state index is 12.0. The van der Waals surface area contributed by atoms with Gasteiger partial charge in [0, 0.05) is 6.04 Å². The van der Waals surface area contributed by atoms with Crippen molar-refractivity contribution in [3.05, 3.63) is 0 Å². The Morgan fingerprint density at radius 2 is 2.00 bits per heavy atom. The van der Waals surface area contributed by atoms with Crippen LogP contribution in [-0.2, 0) is 4.79 Å². The van der Waals surface area contributed by atoms with Crippen molar-refractivity contribution >= 4 is 5.97 Å². The Morgan fingerprint density at radius 1 is 1.50 bits per heavy atom. The SMILES string of the molecule is CCC(CC(=O)O)N(C)CC(F)(F)F. The van der Waals surface area contributed by atoms with E-state index in [1.807, 2.05) is 0 Å². The zero-order chi connectivity index (χ0) is 11.4. The lowest BCUT2D eigenvalue weighted by Crippen LogP contribution is -2.39. The maximum Gasteiger partial charge on any atom is 0.401 e. The minimum absolute atomic E-state index is 0.261. The van der Waals surface area contributed by atoms with E-state index in [1.165, 1.54) is 7.05 Å². The molecule has 6 heteroatoms. The molecule has 0 saturated heterocycles. The van der Waals surface area contributed by atoms with E-state index < -0.39 is 24.7 Å². The summed E-state index contributed by atoms with van der Waals surface area (Å²) in [7, 11) is 1.28. The number of alkyl halides is 3. The summed E-state index contributed by atoms with van der Waals surface area (Å²) in [5.41, 5.74) is 0. The van der Waals surface area contributed by atoms with Crippen LogP contribution in [0.4, 0.5) is 13.2 Å². The molecule has 14 heavy (non-hydrogen) atoms. The van der Waals surface area contributed by atoms with Crippen LogP contribution >= 0.6 is 0 Å². The molecule has 1 N–H and O–H groups in total. The largest absolute Gasteiger partial charge is 0.481 e.